The number of hydrogen-bond acceptors (Lipinski definition) is 4. The number of benzene rings is 1. The third-order valence-electron chi connectivity index (χ3n) is 4.29. The highest BCUT2D eigenvalue weighted by atomic mass is 16.5. The Bertz CT molecular complexity index is 655. The molecule has 4 nitrogen and oxygen atoms in total. The van der Waals surface area contributed by atoms with Gasteiger partial charge in [-0.25, -0.2) is 0 Å². The quantitative estimate of drug-likeness (QED) is 0.670. The Kier molecular flexibility index (Phi) is 6.85. The number of nitrogens with zero attached hydrogens (tertiary/aromatic N) is 1. The SMILES string of the molecule is CCc1ccnc2c(N[C@H](C)CCCNC(C)C)cc(OC)cc12. The second kappa shape index (κ2) is 8.88. The average molecular weight is 329 g/mol. The van der Waals surface area contributed by atoms with Gasteiger partial charge in [0.15, 0.2) is 0 Å². The largest absolute Gasteiger partial charge is 0.497 e. The number of rotatable bonds is 9. The van der Waals surface area contributed by atoms with Gasteiger partial charge in [0.25, 0.3) is 0 Å². The van der Waals surface area contributed by atoms with Crippen molar-refractivity contribution in [2.45, 2.75) is 59.0 Å². The number of hydrogen-bond donors (Lipinski definition) is 2. The van der Waals surface area contributed by atoms with Crippen LogP contribution in [0.4, 0.5) is 5.69 Å². The number of nitrogens with one attached hydrogen (secondary N) is 2. The minimum absolute atomic E-state index is 0.390. The first-order valence-electron chi connectivity index (χ1n) is 9.00. The zero-order valence-corrected chi connectivity index (χ0v) is 15.6. The Labute approximate surface area is 146 Å². The van der Waals surface area contributed by atoms with Crippen LogP contribution in [0.15, 0.2) is 24.4 Å². The minimum Gasteiger partial charge on any atom is -0.497 e. The third kappa shape index (κ3) is 4.84. The van der Waals surface area contributed by atoms with Crippen LogP contribution in [0.5, 0.6) is 5.75 Å². The van der Waals surface area contributed by atoms with E-state index in [1.165, 1.54) is 10.9 Å². The van der Waals surface area contributed by atoms with Crippen molar-refractivity contribution >= 4 is 16.6 Å². The van der Waals surface area contributed by atoms with Gasteiger partial charge in [0.1, 0.15) is 5.75 Å². The molecule has 0 aliphatic rings. The average Bonchev–Trinajstić information content (AvgIpc) is 2.57. The molecule has 0 aliphatic carbocycles. The Morgan fingerprint density at radius 1 is 1.21 bits per heavy atom. The molecule has 132 valence electrons. The molecular weight excluding hydrogens is 298 g/mol. The van der Waals surface area contributed by atoms with Crippen LogP contribution in [-0.2, 0) is 6.42 Å². The second-order valence-corrected chi connectivity index (χ2v) is 6.69. The molecule has 0 radical (unpaired) electrons. The van der Waals surface area contributed by atoms with Gasteiger partial charge in [0.2, 0.25) is 0 Å². The summed E-state index contributed by atoms with van der Waals surface area (Å²) in [7, 11) is 1.72. The van der Waals surface area contributed by atoms with E-state index in [1.807, 2.05) is 6.20 Å². The molecule has 0 amide bonds. The van der Waals surface area contributed by atoms with E-state index in [0.717, 1.165) is 42.8 Å². The monoisotopic (exact) mass is 329 g/mol. The van der Waals surface area contributed by atoms with Gasteiger partial charge in [-0.3, -0.25) is 4.98 Å². The Hall–Kier alpha value is -1.81. The van der Waals surface area contributed by atoms with Crippen LogP contribution in [0.2, 0.25) is 0 Å². The number of fused-ring (bicyclic) bond motifs is 1. The van der Waals surface area contributed by atoms with Crippen molar-refractivity contribution in [2.75, 3.05) is 19.0 Å². The van der Waals surface area contributed by atoms with Crippen LogP contribution < -0.4 is 15.4 Å². The third-order valence-corrected chi connectivity index (χ3v) is 4.29. The first-order chi connectivity index (χ1) is 11.5. The van der Waals surface area contributed by atoms with Crippen LogP contribution >= 0.6 is 0 Å². The van der Waals surface area contributed by atoms with Crippen molar-refractivity contribution < 1.29 is 4.74 Å². The molecule has 0 aliphatic heterocycles. The molecule has 1 aromatic carbocycles. The first kappa shape index (κ1) is 18.5. The molecule has 0 spiro atoms. The highest BCUT2D eigenvalue weighted by Crippen LogP contribution is 2.31. The van der Waals surface area contributed by atoms with Crippen molar-refractivity contribution in [3.05, 3.63) is 30.0 Å². The highest BCUT2D eigenvalue weighted by Gasteiger charge is 2.11. The molecule has 1 atom stereocenters. The standard InChI is InChI=1S/C20H31N3O/c1-6-16-9-11-22-20-18(16)12-17(24-5)13-19(20)23-15(4)8-7-10-21-14(2)3/h9,11-15,21,23H,6-8,10H2,1-5H3/t15-/m1/s1. The fraction of sp³-hybridized carbons (Fsp3) is 0.550. The van der Waals surface area contributed by atoms with Crippen LogP contribution in [0.3, 0.4) is 0 Å². The maximum Gasteiger partial charge on any atom is 0.121 e. The molecule has 1 aromatic heterocycles. The topological polar surface area (TPSA) is 46.2 Å². The lowest BCUT2D eigenvalue weighted by molar-refractivity contribution is 0.415. The summed E-state index contributed by atoms with van der Waals surface area (Å²) in [5, 5.41) is 8.27. The summed E-state index contributed by atoms with van der Waals surface area (Å²) in [5.41, 5.74) is 3.39. The van der Waals surface area contributed by atoms with Gasteiger partial charge in [0, 0.05) is 29.7 Å². The minimum atomic E-state index is 0.390. The van der Waals surface area contributed by atoms with Crippen molar-refractivity contribution in [1.29, 1.82) is 0 Å². The number of pyridine rings is 1. The van der Waals surface area contributed by atoms with Gasteiger partial charge in [-0.05, 0) is 50.4 Å². The molecule has 4 heteroatoms. The summed E-state index contributed by atoms with van der Waals surface area (Å²) in [6, 6.07) is 7.17. The molecule has 0 unspecified atom stereocenters. The summed E-state index contributed by atoms with van der Waals surface area (Å²) in [4.78, 5) is 4.61. The summed E-state index contributed by atoms with van der Waals surface area (Å²) in [5.74, 6) is 0.876. The maximum atomic E-state index is 5.49. The van der Waals surface area contributed by atoms with Crippen molar-refractivity contribution in [1.82, 2.24) is 10.3 Å². The zero-order valence-electron chi connectivity index (χ0n) is 15.6. The Morgan fingerprint density at radius 2 is 2.00 bits per heavy atom. The Morgan fingerprint density at radius 3 is 2.67 bits per heavy atom. The lowest BCUT2D eigenvalue weighted by atomic mass is 10.0. The predicted octanol–water partition coefficient (Wildman–Crippen LogP) is 4.38. The fourth-order valence-electron chi connectivity index (χ4n) is 2.96. The van der Waals surface area contributed by atoms with Crippen LogP contribution in [0, 0.1) is 0 Å². The number of aromatic nitrogens is 1. The van der Waals surface area contributed by atoms with Gasteiger partial charge in [-0.2, -0.15) is 0 Å². The molecule has 0 fully saturated rings. The number of methoxy groups -OCH3 is 1. The van der Waals surface area contributed by atoms with E-state index in [0.29, 0.717) is 12.1 Å². The zero-order chi connectivity index (χ0) is 17.5. The van der Waals surface area contributed by atoms with Gasteiger partial charge >= 0.3 is 0 Å². The van der Waals surface area contributed by atoms with E-state index < -0.39 is 0 Å². The molecule has 2 rings (SSSR count). The van der Waals surface area contributed by atoms with Crippen molar-refractivity contribution in [2.24, 2.45) is 0 Å². The van der Waals surface area contributed by atoms with Crippen LogP contribution in [0.1, 0.15) is 46.1 Å². The lowest BCUT2D eigenvalue weighted by Gasteiger charge is -2.18. The van der Waals surface area contributed by atoms with E-state index in [4.69, 9.17) is 4.74 Å². The molecule has 0 saturated heterocycles. The Balaban J connectivity index is 2.15. The van der Waals surface area contributed by atoms with E-state index in [1.54, 1.807) is 7.11 Å². The first-order valence-corrected chi connectivity index (χ1v) is 9.00. The summed E-state index contributed by atoms with van der Waals surface area (Å²) in [6.45, 7) is 9.82. The van der Waals surface area contributed by atoms with Gasteiger partial charge in [-0.1, -0.05) is 20.8 Å². The van der Waals surface area contributed by atoms with Gasteiger partial charge < -0.3 is 15.4 Å². The maximum absolute atomic E-state index is 5.49. The van der Waals surface area contributed by atoms with Gasteiger partial charge in [-0.15, -0.1) is 0 Å². The highest BCUT2D eigenvalue weighted by molar-refractivity contribution is 5.94. The van der Waals surface area contributed by atoms with Gasteiger partial charge in [0.05, 0.1) is 18.3 Å². The molecular formula is C20H31N3O. The van der Waals surface area contributed by atoms with E-state index >= 15 is 0 Å². The molecule has 24 heavy (non-hydrogen) atoms. The summed E-state index contributed by atoms with van der Waals surface area (Å²) >= 11 is 0. The second-order valence-electron chi connectivity index (χ2n) is 6.69. The molecule has 0 bridgehead atoms. The van der Waals surface area contributed by atoms with Crippen molar-refractivity contribution in [3.63, 3.8) is 0 Å². The molecule has 1 heterocycles. The number of aryl methyl sites for hydroxylation is 1. The number of anilines is 1. The molecule has 2 N–H and O–H groups in total. The lowest BCUT2D eigenvalue weighted by Crippen LogP contribution is -2.25. The van der Waals surface area contributed by atoms with Crippen LogP contribution in [0.25, 0.3) is 10.9 Å². The van der Waals surface area contributed by atoms with Crippen LogP contribution in [-0.4, -0.2) is 30.7 Å². The van der Waals surface area contributed by atoms with E-state index in [-0.39, 0.29) is 0 Å². The summed E-state index contributed by atoms with van der Waals surface area (Å²) < 4.78 is 5.49. The number of ether oxygens (including phenoxy) is 1. The van der Waals surface area contributed by atoms with E-state index in [2.05, 4.69) is 61.5 Å². The normalized spacial score (nSPS) is 12.6. The predicted molar refractivity (Wildman–Crippen MR) is 103 cm³/mol. The smallest absolute Gasteiger partial charge is 0.121 e. The van der Waals surface area contributed by atoms with Crippen molar-refractivity contribution in [3.8, 4) is 5.75 Å². The molecule has 2 aromatic rings. The van der Waals surface area contributed by atoms with E-state index in [9.17, 15) is 0 Å². The molecule has 0 saturated carbocycles. The fourth-order valence-corrected chi connectivity index (χ4v) is 2.96. The summed E-state index contributed by atoms with van der Waals surface area (Å²) in [6.07, 6.45) is 5.16.